The third-order valence-electron chi connectivity index (χ3n) is 5.05. The highest BCUT2D eigenvalue weighted by molar-refractivity contribution is 9.10. The van der Waals surface area contributed by atoms with Gasteiger partial charge in [0.15, 0.2) is 0 Å². The molecule has 5 nitrogen and oxygen atoms in total. The smallest absolute Gasteiger partial charge is 0.260 e. The molecule has 0 spiro atoms. The molecule has 3 aromatic rings. The fourth-order valence-corrected chi connectivity index (χ4v) is 5.45. The molecule has 32 heavy (non-hydrogen) atoms. The number of anilines is 1. The summed E-state index contributed by atoms with van der Waals surface area (Å²) < 4.78 is 6.43. The van der Waals surface area contributed by atoms with Crippen LogP contribution in [0.4, 0.5) is 10.7 Å². The number of carbonyl (C=O) groups is 1. The number of nitrogens with one attached hydrogen (secondary N) is 1. The molecular formula is C23H18BrCl2N3O2S. The van der Waals surface area contributed by atoms with Crippen LogP contribution in [0.2, 0.25) is 10.0 Å². The number of hydrogen-bond donors (Lipinski definition) is 1. The van der Waals surface area contributed by atoms with E-state index in [0.29, 0.717) is 64.6 Å². The Kier molecular flexibility index (Phi) is 7.39. The minimum Gasteiger partial charge on any atom is -0.378 e. The van der Waals surface area contributed by atoms with Crippen LogP contribution in [0, 0.1) is 6.57 Å². The highest BCUT2D eigenvalue weighted by atomic mass is 79.9. The van der Waals surface area contributed by atoms with E-state index in [9.17, 15) is 4.79 Å². The van der Waals surface area contributed by atoms with Gasteiger partial charge in [0.05, 0.1) is 29.7 Å². The summed E-state index contributed by atoms with van der Waals surface area (Å²) in [6, 6.07) is 12.8. The Bertz CT molecular complexity index is 1190. The molecule has 1 aliphatic rings. The fourth-order valence-electron chi connectivity index (χ4n) is 3.46. The minimum absolute atomic E-state index is 0.247. The Morgan fingerprint density at radius 3 is 2.56 bits per heavy atom. The van der Waals surface area contributed by atoms with Crippen LogP contribution in [0.15, 0.2) is 46.9 Å². The first kappa shape index (κ1) is 23.1. The van der Waals surface area contributed by atoms with Gasteiger partial charge in [-0.25, -0.2) is 4.85 Å². The molecule has 0 unspecified atom stereocenters. The second-order valence-corrected chi connectivity index (χ2v) is 9.86. The number of thiophene rings is 1. The number of benzene rings is 2. The zero-order chi connectivity index (χ0) is 22.7. The third kappa shape index (κ3) is 4.95. The number of amides is 1. The normalized spacial score (nSPS) is 13.6. The second-order valence-electron chi connectivity index (χ2n) is 7.10. The average Bonchev–Trinajstić information content (AvgIpc) is 3.18. The maximum absolute atomic E-state index is 13.3. The van der Waals surface area contributed by atoms with Crippen LogP contribution < -0.4 is 10.2 Å². The van der Waals surface area contributed by atoms with E-state index in [1.54, 1.807) is 18.2 Å². The lowest BCUT2D eigenvalue weighted by Gasteiger charge is -2.28. The van der Waals surface area contributed by atoms with E-state index >= 15 is 0 Å². The number of morpholine rings is 1. The van der Waals surface area contributed by atoms with Gasteiger partial charge in [0.2, 0.25) is 5.69 Å². The second kappa shape index (κ2) is 10.2. The van der Waals surface area contributed by atoms with Crippen molar-refractivity contribution in [2.45, 2.75) is 6.54 Å². The van der Waals surface area contributed by atoms with Crippen LogP contribution in [0.1, 0.15) is 15.2 Å². The third-order valence-corrected chi connectivity index (χ3v) is 7.36. The predicted molar refractivity (Wildman–Crippen MR) is 134 cm³/mol. The molecule has 1 amide bonds. The summed E-state index contributed by atoms with van der Waals surface area (Å²) in [6.07, 6.45) is 0. The summed E-state index contributed by atoms with van der Waals surface area (Å²) in [6.45, 7) is 10.7. The largest absolute Gasteiger partial charge is 0.378 e. The SMILES string of the molecule is [C-]#[N+]c1c(N2CCOCC2)sc(C(=O)NCc2ccc(Br)cc2)c1-c1ccc(Cl)cc1Cl. The summed E-state index contributed by atoms with van der Waals surface area (Å²) in [5.41, 5.74) is 2.56. The highest BCUT2D eigenvalue weighted by Crippen LogP contribution is 2.50. The number of nitrogens with zero attached hydrogens (tertiary/aromatic N) is 2. The van der Waals surface area contributed by atoms with E-state index in [4.69, 9.17) is 34.5 Å². The van der Waals surface area contributed by atoms with Crippen molar-refractivity contribution in [3.05, 3.63) is 78.8 Å². The molecule has 1 fully saturated rings. The lowest BCUT2D eigenvalue weighted by molar-refractivity contribution is 0.0955. The summed E-state index contributed by atoms with van der Waals surface area (Å²) >= 11 is 17.3. The number of hydrogen-bond acceptors (Lipinski definition) is 4. The van der Waals surface area contributed by atoms with Gasteiger partial charge >= 0.3 is 0 Å². The Balaban J connectivity index is 1.75. The molecule has 4 rings (SSSR count). The van der Waals surface area contributed by atoms with Gasteiger partial charge in [-0.3, -0.25) is 4.79 Å². The fraction of sp³-hybridized carbons (Fsp3) is 0.217. The van der Waals surface area contributed by atoms with Gasteiger partial charge in [-0.1, -0.05) is 57.3 Å². The molecule has 2 heterocycles. The lowest BCUT2D eigenvalue weighted by atomic mass is 10.0. The van der Waals surface area contributed by atoms with E-state index < -0.39 is 0 Å². The van der Waals surface area contributed by atoms with Crippen molar-refractivity contribution in [3.8, 4) is 11.1 Å². The summed E-state index contributed by atoms with van der Waals surface area (Å²) in [4.78, 5) is 19.7. The van der Waals surface area contributed by atoms with Crippen molar-refractivity contribution in [2.75, 3.05) is 31.2 Å². The van der Waals surface area contributed by atoms with Gasteiger partial charge < -0.3 is 15.0 Å². The molecule has 9 heteroatoms. The molecule has 0 aliphatic carbocycles. The summed E-state index contributed by atoms with van der Waals surface area (Å²) in [5.74, 6) is -0.247. The van der Waals surface area contributed by atoms with Crippen LogP contribution in [0.5, 0.6) is 0 Å². The van der Waals surface area contributed by atoms with E-state index in [2.05, 4.69) is 31.0 Å². The quantitative estimate of drug-likeness (QED) is 0.355. The van der Waals surface area contributed by atoms with Crippen molar-refractivity contribution in [1.82, 2.24) is 5.32 Å². The Hall–Kier alpha value is -2.08. The zero-order valence-electron chi connectivity index (χ0n) is 16.8. The number of halogens is 3. The molecular weight excluding hydrogens is 533 g/mol. The molecule has 0 bridgehead atoms. The molecule has 2 aromatic carbocycles. The Morgan fingerprint density at radius 1 is 1.19 bits per heavy atom. The van der Waals surface area contributed by atoms with Gasteiger partial charge in [-0.05, 0) is 35.4 Å². The van der Waals surface area contributed by atoms with E-state index in [1.807, 2.05) is 24.3 Å². The highest BCUT2D eigenvalue weighted by Gasteiger charge is 2.29. The van der Waals surface area contributed by atoms with Crippen LogP contribution in [-0.4, -0.2) is 32.2 Å². The molecule has 0 radical (unpaired) electrons. The maximum atomic E-state index is 13.3. The minimum atomic E-state index is -0.247. The number of carbonyl (C=O) groups excluding carboxylic acids is 1. The Morgan fingerprint density at radius 2 is 1.91 bits per heavy atom. The van der Waals surface area contributed by atoms with Crippen molar-refractivity contribution in [1.29, 1.82) is 0 Å². The zero-order valence-corrected chi connectivity index (χ0v) is 20.7. The first-order valence-electron chi connectivity index (χ1n) is 9.83. The number of rotatable bonds is 5. The predicted octanol–water partition coefficient (Wildman–Crippen LogP) is 6.80. The standard InChI is InChI=1S/C23H18BrCl2N3O2S/c1-27-20-19(17-7-6-16(25)12-18(17)26)21(32-23(20)29-8-10-31-11-9-29)22(30)28-13-14-2-4-15(24)5-3-14/h2-7,12H,8-11,13H2,(H,28,30). The molecule has 1 N–H and O–H groups in total. The van der Waals surface area contributed by atoms with Crippen LogP contribution in [0.25, 0.3) is 16.0 Å². The molecule has 164 valence electrons. The van der Waals surface area contributed by atoms with Crippen LogP contribution >= 0.6 is 50.5 Å². The van der Waals surface area contributed by atoms with Gasteiger partial charge in [-0.2, -0.15) is 0 Å². The van der Waals surface area contributed by atoms with Crippen molar-refractivity contribution >= 4 is 67.1 Å². The van der Waals surface area contributed by atoms with Gasteiger partial charge in [0.1, 0.15) is 0 Å². The van der Waals surface area contributed by atoms with Crippen molar-refractivity contribution < 1.29 is 9.53 Å². The van der Waals surface area contributed by atoms with Crippen molar-refractivity contribution in [3.63, 3.8) is 0 Å². The first-order valence-corrected chi connectivity index (χ1v) is 12.2. The molecule has 1 aliphatic heterocycles. The molecule has 0 atom stereocenters. The van der Waals surface area contributed by atoms with Gasteiger partial charge in [0.25, 0.3) is 5.91 Å². The van der Waals surface area contributed by atoms with Crippen LogP contribution in [-0.2, 0) is 11.3 Å². The molecule has 1 aromatic heterocycles. The summed E-state index contributed by atoms with van der Waals surface area (Å²) in [7, 11) is 0. The average molecular weight is 551 g/mol. The number of ether oxygens (including phenoxy) is 1. The van der Waals surface area contributed by atoms with Crippen LogP contribution in [0.3, 0.4) is 0 Å². The topological polar surface area (TPSA) is 45.9 Å². The van der Waals surface area contributed by atoms with Crippen molar-refractivity contribution in [2.24, 2.45) is 0 Å². The molecule has 0 saturated carbocycles. The monoisotopic (exact) mass is 549 g/mol. The van der Waals surface area contributed by atoms with Gasteiger partial charge in [-0.15, -0.1) is 11.3 Å². The first-order chi connectivity index (χ1) is 15.5. The maximum Gasteiger partial charge on any atom is 0.260 e. The molecule has 1 saturated heterocycles. The van der Waals surface area contributed by atoms with E-state index in [1.165, 1.54) is 11.3 Å². The van der Waals surface area contributed by atoms with E-state index in [-0.39, 0.29) is 5.91 Å². The van der Waals surface area contributed by atoms with Gasteiger partial charge in [0, 0.05) is 39.7 Å². The Labute approximate surface area is 208 Å². The summed E-state index contributed by atoms with van der Waals surface area (Å²) in [5, 5.41) is 4.64. The van der Waals surface area contributed by atoms with E-state index in [0.717, 1.165) is 15.0 Å². The lowest BCUT2D eigenvalue weighted by Crippen LogP contribution is -2.35.